The fourth-order valence-corrected chi connectivity index (χ4v) is 6.88. The molecule has 0 rings (SSSR count). The summed E-state index contributed by atoms with van der Waals surface area (Å²) in [6.45, 7) is 4.42. The number of hydrogen-bond acceptors (Lipinski definition) is 4. The highest BCUT2D eigenvalue weighted by atomic mass is 32.2. The lowest BCUT2D eigenvalue weighted by Crippen LogP contribution is -2.46. The van der Waals surface area contributed by atoms with E-state index in [0.29, 0.717) is 12.8 Å². The molecular formula is C46H81NO5S. The first-order chi connectivity index (χ1) is 25.8. The van der Waals surface area contributed by atoms with Crippen molar-refractivity contribution in [2.75, 3.05) is 5.75 Å². The van der Waals surface area contributed by atoms with E-state index in [0.717, 1.165) is 64.2 Å². The highest BCUT2D eigenvalue weighted by Gasteiger charge is 2.24. The topological polar surface area (TPSA) is 104 Å². The molecule has 0 aliphatic rings. The molecular weight excluding hydrogens is 679 g/mol. The van der Waals surface area contributed by atoms with Crippen molar-refractivity contribution in [3.05, 3.63) is 72.9 Å². The van der Waals surface area contributed by atoms with Gasteiger partial charge in [0, 0.05) is 6.42 Å². The third kappa shape index (κ3) is 40.8. The largest absolute Gasteiger partial charge is 0.387 e. The molecule has 0 heterocycles. The summed E-state index contributed by atoms with van der Waals surface area (Å²) in [5.41, 5.74) is 0. The minimum atomic E-state index is -4.37. The first-order valence-electron chi connectivity index (χ1n) is 21.6. The maximum Gasteiger partial charge on any atom is 0.267 e. The van der Waals surface area contributed by atoms with E-state index in [-0.39, 0.29) is 12.3 Å². The van der Waals surface area contributed by atoms with E-state index in [2.05, 4.69) is 79.9 Å². The standard InChI is InChI=1S/C46H81NO5S/c1-3-5-7-9-11-13-15-17-19-21-22-23-24-26-27-29-31-33-35-37-39-41-45(48)44(43-53(50,51)52)47-46(49)42-40-38-36-34-32-30-28-25-20-18-16-14-12-10-8-6-4-2/h6,8,12,14,18,20,24,26,31,33,39,41,44-45,48H,3-5,7,9-11,13,15-17,19,21-23,25,27-30,32,34-38,40,42-43H2,1-2H3,(H,47,49)(H,50,51,52)/b8-6-,14-12-,20-18-,26-24+,33-31+,41-39+. The van der Waals surface area contributed by atoms with Crippen LogP contribution in [0.3, 0.4) is 0 Å². The number of hydrogen-bond donors (Lipinski definition) is 3. The van der Waals surface area contributed by atoms with Gasteiger partial charge in [0.2, 0.25) is 5.91 Å². The average molecular weight is 760 g/mol. The first kappa shape index (κ1) is 50.8. The number of rotatable bonds is 38. The molecule has 53 heavy (non-hydrogen) atoms. The summed E-state index contributed by atoms with van der Waals surface area (Å²) < 4.78 is 32.5. The summed E-state index contributed by atoms with van der Waals surface area (Å²) in [4.78, 5) is 12.5. The van der Waals surface area contributed by atoms with Crippen LogP contribution < -0.4 is 5.32 Å². The van der Waals surface area contributed by atoms with Gasteiger partial charge in [0.05, 0.1) is 17.9 Å². The van der Waals surface area contributed by atoms with Crippen molar-refractivity contribution in [3.63, 3.8) is 0 Å². The van der Waals surface area contributed by atoms with Gasteiger partial charge in [-0.3, -0.25) is 9.35 Å². The molecule has 2 atom stereocenters. The number of allylic oxidation sites excluding steroid dienone is 11. The van der Waals surface area contributed by atoms with Crippen LogP contribution in [0.5, 0.6) is 0 Å². The van der Waals surface area contributed by atoms with Crippen molar-refractivity contribution in [1.82, 2.24) is 5.32 Å². The molecule has 0 saturated carbocycles. The van der Waals surface area contributed by atoms with Crippen LogP contribution in [-0.4, -0.2) is 41.9 Å². The average Bonchev–Trinajstić information content (AvgIpc) is 3.12. The Kier molecular flexibility index (Phi) is 37.8. The Bertz CT molecular complexity index is 1100. The molecule has 0 fully saturated rings. The summed E-state index contributed by atoms with van der Waals surface area (Å²) in [6.07, 6.45) is 56.1. The molecule has 0 aromatic rings. The number of carbonyl (C=O) groups excluding carboxylic acids is 1. The molecule has 2 unspecified atom stereocenters. The van der Waals surface area contributed by atoms with Gasteiger partial charge in [0.25, 0.3) is 10.1 Å². The van der Waals surface area contributed by atoms with Gasteiger partial charge in [0.15, 0.2) is 0 Å². The van der Waals surface area contributed by atoms with E-state index in [1.54, 1.807) is 6.08 Å². The lowest BCUT2D eigenvalue weighted by molar-refractivity contribution is -0.122. The lowest BCUT2D eigenvalue weighted by atomic mass is 10.1. The van der Waals surface area contributed by atoms with Gasteiger partial charge in [-0.25, -0.2) is 0 Å². The SMILES string of the molecule is CC/C=C\C/C=C\C/C=C\CCCCCCCCCC(=O)NC(CS(=O)(=O)O)C(O)/C=C/CC/C=C/CC/C=C/CCCCCCCCCCCCC. The maximum absolute atomic E-state index is 12.5. The van der Waals surface area contributed by atoms with Gasteiger partial charge in [-0.1, -0.05) is 183 Å². The Labute approximate surface area is 327 Å². The smallest absolute Gasteiger partial charge is 0.267 e. The van der Waals surface area contributed by atoms with E-state index in [1.807, 2.05) is 0 Å². The van der Waals surface area contributed by atoms with Crippen molar-refractivity contribution in [2.45, 2.75) is 206 Å². The fraction of sp³-hybridized carbons (Fsp3) is 0.717. The molecule has 6 nitrogen and oxygen atoms in total. The molecule has 0 aliphatic carbocycles. The number of carbonyl (C=O) groups is 1. The van der Waals surface area contributed by atoms with Crippen LogP contribution in [0.2, 0.25) is 0 Å². The summed E-state index contributed by atoms with van der Waals surface area (Å²) in [7, 11) is -4.37. The van der Waals surface area contributed by atoms with E-state index in [4.69, 9.17) is 0 Å². The number of unbranched alkanes of at least 4 members (excludes halogenated alkanes) is 20. The molecule has 306 valence electrons. The van der Waals surface area contributed by atoms with E-state index >= 15 is 0 Å². The van der Waals surface area contributed by atoms with E-state index in [1.165, 1.54) is 102 Å². The maximum atomic E-state index is 12.5. The van der Waals surface area contributed by atoms with Crippen molar-refractivity contribution < 1.29 is 22.9 Å². The summed E-state index contributed by atoms with van der Waals surface area (Å²) in [6, 6.07) is -1.09. The minimum Gasteiger partial charge on any atom is -0.387 e. The number of aliphatic hydroxyl groups is 1. The minimum absolute atomic E-state index is 0.270. The van der Waals surface area contributed by atoms with Crippen molar-refractivity contribution in [2.24, 2.45) is 0 Å². The molecule has 0 aromatic carbocycles. The second kappa shape index (κ2) is 39.5. The summed E-state index contributed by atoms with van der Waals surface area (Å²) in [5, 5.41) is 13.2. The van der Waals surface area contributed by atoms with Crippen LogP contribution in [0.25, 0.3) is 0 Å². The summed E-state index contributed by atoms with van der Waals surface area (Å²) in [5.74, 6) is -1.03. The Hall–Kier alpha value is -2.22. The van der Waals surface area contributed by atoms with Crippen LogP contribution in [0, 0.1) is 0 Å². The van der Waals surface area contributed by atoms with Crippen molar-refractivity contribution in [3.8, 4) is 0 Å². The third-order valence-corrected chi connectivity index (χ3v) is 10.1. The monoisotopic (exact) mass is 760 g/mol. The zero-order valence-electron chi connectivity index (χ0n) is 34.1. The number of amides is 1. The van der Waals surface area contributed by atoms with Crippen molar-refractivity contribution >= 4 is 16.0 Å². The van der Waals surface area contributed by atoms with Gasteiger partial charge in [-0.2, -0.15) is 8.42 Å². The Morgan fingerprint density at radius 2 is 0.925 bits per heavy atom. The first-order valence-corrected chi connectivity index (χ1v) is 23.2. The normalized spacial score (nSPS) is 14.0. The number of nitrogens with one attached hydrogen (secondary N) is 1. The molecule has 1 amide bonds. The van der Waals surface area contributed by atoms with Crippen LogP contribution in [0.1, 0.15) is 194 Å². The Morgan fingerprint density at radius 3 is 1.42 bits per heavy atom. The van der Waals surface area contributed by atoms with Crippen molar-refractivity contribution in [1.29, 1.82) is 0 Å². The molecule has 0 aromatic heterocycles. The van der Waals surface area contributed by atoms with Gasteiger partial charge in [-0.15, -0.1) is 0 Å². The molecule has 0 saturated heterocycles. The summed E-state index contributed by atoms with van der Waals surface area (Å²) >= 11 is 0. The van der Waals surface area contributed by atoms with Crippen LogP contribution in [-0.2, 0) is 14.9 Å². The zero-order chi connectivity index (χ0) is 38.9. The molecule has 0 aliphatic heterocycles. The van der Waals surface area contributed by atoms with Crippen LogP contribution >= 0.6 is 0 Å². The molecule has 7 heteroatoms. The molecule has 0 spiro atoms. The Morgan fingerprint density at radius 1 is 0.528 bits per heavy atom. The predicted octanol–water partition coefficient (Wildman–Crippen LogP) is 13.0. The second-order valence-corrected chi connectivity index (χ2v) is 16.1. The highest BCUT2D eigenvalue weighted by molar-refractivity contribution is 7.85. The Balaban J connectivity index is 4.00. The van der Waals surface area contributed by atoms with Gasteiger partial charge in [-0.05, 0) is 77.0 Å². The van der Waals surface area contributed by atoms with Gasteiger partial charge < -0.3 is 10.4 Å². The van der Waals surface area contributed by atoms with Gasteiger partial charge in [0.1, 0.15) is 0 Å². The molecule has 3 N–H and O–H groups in total. The highest BCUT2D eigenvalue weighted by Crippen LogP contribution is 2.13. The van der Waals surface area contributed by atoms with Gasteiger partial charge >= 0.3 is 0 Å². The quantitative estimate of drug-likeness (QED) is 0.0330. The number of aliphatic hydroxyl groups excluding tert-OH is 1. The third-order valence-electron chi connectivity index (χ3n) is 9.34. The van der Waals surface area contributed by atoms with E-state index < -0.39 is 28.0 Å². The molecule has 0 bridgehead atoms. The predicted molar refractivity (Wildman–Crippen MR) is 230 cm³/mol. The second-order valence-electron chi connectivity index (χ2n) is 14.6. The zero-order valence-corrected chi connectivity index (χ0v) is 34.9. The van der Waals surface area contributed by atoms with Crippen LogP contribution in [0.15, 0.2) is 72.9 Å². The molecule has 0 radical (unpaired) electrons. The lowest BCUT2D eigenvalue weighted by Gasteiger charge is -2.21. The fourth-order valence-electron chi connectivity index (χ4n) is 6.14. The van der Waals surface area contributed by atoms with E-state index in [9.17, 15) is 22.9 Å². The van der Waals surface area contributed by atoms with Crippen LogP contribution in [0.4, 0.5) is 0 Å².